The molecule has 0 amide bonds. The summed E-state index contributed by atoms with van der Waals surface area (Å²) in [6, 6.07) is 8.18. The topological polar surface area (TPSA) is 65.6 Å². The van der Waals surface area contributed by atoms with Crippen molar-refractivity contribution in [1.82, 2.24) is 19.9 Å². The van der Waals surface area contributed by atoms with Crippen LogP contribution in [0.5, 0.6) is 0 Å². The summed E-state index contributed by atoms with van der Waals surface area (Å²) in [5.41, 5.74) is 2.22. The molecule has 0 spiro atoms. The van der Waals surface area contributed by atoms with Crippen molar-refractivity contribution < 1.29 is 9.63 Å². The summed E-state index contributed by atoms with van der Waals surface area (Å²) < 4.78 is 5.43. The first kappa shape index (κ1) is 18.0. The highest BCUT2D eigenvalue weighted by atomic mass is 16.5. The van der Waals surface area contributed by atoms with Crippen molar-refractivity contribution >= 4 is 0 Å². The van der Waals surface area contributed by atoms with Crippen LogP contribution in [-0.4, -0.2) is 64.4 Å². The van der Waals surface area contributed by atoms with Gasteiger partial charge in [0.1, 0.15) is 0 Å². The van der Waals surface area contributed by atoms with Gasteiger partial charge in [-0.05, 0) is 32.7 Å². The number of aliphatic hydroxyl groups is 1. The molecule has 2 aromatic rings. The van der Waals surface area contributed by atoms with Crippen LogP contribution in [0, 0.1) is 6.92 Å². The van der Waals surface area contributed by atoms with Gasteiger partial charge in [-0.15, -0.1) is 0 Å². The van der Waals surface area contributed by atoms with Gasteiger partial charge in [-0.2, -0.15) is 4.98 Å². The van der Waals surface area contributed by atoms with E-state index in [4.69, 9.17) is 9.63 Å². The number of aliphatic hydroxyl groups excluding tert-OH is 1. The predicted molar refractivity (Wildman–Crippen MR) is 97.1 cm³/mol. The summed E-state index contributed by atoms with van der Waals surface area (Å²) in [6.07, 6.45) is 3.20. The maximum Gasteiger partial charge on any atom is 0.241 e. The van der Waals surface area contributed by atoms with Crippen molar-refractivity contribution in [3.05, 3.63) is 35.7 Å². The monoisotopic (exact) mass is 344 g/mol. The van der Waals surface area contributed by atoms with Crippen molar-refractivity contribution in [2.45, 2.75) is 32.7 Å². The molecule has 0 bridgehead atoms. The average Bonchev–Trinajstić information content (AvgIpc) is 3.09. The van der Waals surface area contributed by atoms with Gasteiger partial charge < -0.3 is 14.5 Å². The highest BCUT2D eigenvalue weighted by Gasteiger charge is 2.19. The van der Waals surface area contributed by atoms with Crippen LogP contribution in [0.1, 0.15) is 30.7 Å². The molecular formula is C19H28N4O2. The SMILES string of the molecule is Cc1ccc(-c2noc(CN3CCN(CCCCCO)CC3)n2)cc1. The van der Waals surface area contributed by atoms with E-state index in [0.29, 0.717) is 18.3 Å². The molecule has 0 radical (unpaired) electrons. The van der Waals surface area contributed by atoms with Gasteiger partial charge in [0.25, 0.3) is 0 Å². The molecule has 25 heavy (non-hydrogen) atoms. The first-order chi connectivity index (χ1) is 12.2. The van der Waals surface area contributed by atoms with Crippen molar-refractivity contribution in [2.24, 2.45) is 0 Å². The Morgan fingerprint density at radius 3 is 2.44 bits per heavy atom. The maximum atomic E-state index is 8.82. The van der Waals surface area contributed by atoms with Crippen LogP contribution in [0.4, 0.5) is 0 Å². The van der Waals surface area contributed by atoms with Gasteiger partial charge >= 0.3 is 0 Å². The minimum Gasteiger partial charge on any atom is -0.396 e. The molecule has 0 atom stereocenters. The minimum absolute atomic E-state index is 0.308. The Labute approximate surface area is 149 Å². The smallest absolute Gasteiger partial charge is 0.241 e. The number of unbranched alkanes of at least 4 members (excludes halogenated alkanes) is 2. The molecule has 0 aliphatic carbocycles. The Hall–Kier alpha value is -1.76. The largest absolute Gasteiger partial charge is 0.396 e. The fraction of sp³-hybridized carbons (Fsp3) is 0.579. The van der Waals surface area contributed by atoms with Gasteiger partial charge in [-0.25, -0.2) is 0 Å². The van der Waals surface area contributed by atoms with Gasteiger partial charge in [0, 0.05) is 38.3 Å². The fourth-order valence-electron chi connectivity index (χ4n) is 3.13. The second-order valence-corrected chi connectivity index (χ2v) is 6.78. The summed E-state index contributed by atoms with van der Waals surface area (Å²) in [5, 5.41) is 12.9. The highest BCUT2D eigenvalue weighted by molar-refractivity contribution is 5.54. The lowest BCUT2D eigenvalue weighted by Gasteiger charge is -2.33. The van der Waals surface area contributed by atoms with Crippen LogP contribution in [0.3, 0.4) is 0 Å². The normalized spacial score (nSPS) is 16.4. The number of hydrogen-bond donors (Lipinski definition) is 1. The van der Waals surface area contributed by atoms with E-state index in [2.05, 4.69) is 39.0 Å². The zero-order chi connectivity index (χ0) is 17.5. The van der Waals surface area contributed by atoms with Gasteiger partial charge in [-0.1, -0.05) is 35.0 Å². The summed E-state index contributed by atoms with van der Waals surface area (Å²) in [5.74, 6) is 1.35. The molecule has 1 saturated heterocycles. The van der Waals surface area contributed by atoms with E-state index in [0.717, 1.165) is 57.7 Å². The van der Waals surface area contributed by atoms with Gasteiger partial charge in [0.15, 0.2) is 0 Å². The first-order valence-electron chi connectivity index (χ1n) is 9.20. The zero-order valence-corrected chi connectivity index (χ0v) is 15.0. The molecule has 136 valence electrons. The molecule has 1 N–H and O–H groups in total. The lowest BCUT2D eigenvalue weighted by atomic mass is 10.1. The van der Waals surface area contributed by atoms with Gasteiger partial charge in [-0.3, -0.25) is 4.90 Å². The summed E-state index contributed by atoms with van der Waals surface area (Å²) in [7, 11) is 0. The third-order valence-electron chi connectivity index (χ3n) is 4.73. The van der Waals surface area contributed by atoms with Crippen LogP contribution in [0.2, 0.25) is 0 Å². The third kappa shape index (κ3) is 5.36. The molecule has 2 heterocycles. The van der Waals surface area contributed by atoms with Crippen LogP contribution in [-0.2, 0) is 6.54 Å². The van der Waals surface area contributed by atoms with E-state index in [1.165, 1.54) is 12.0 Å². The number of benzene rings is 1. The summed E-state index contributed by atoms with van der Waals surface area (Å²) in [4.78, 5) is 9.41. The maximum absolute atomic E-state index is 8.82. The standard InChI is InChI=1S/C19H28N4O2/c1-16-5-7-17(8-6-16)19-20-18(25-21-19)15-23-12-10-22(11-13-23)9-3-2-4-14-24/h5-8,24H,2-4,9-15H2,1H3. The number of aryl methyl sites for hydroxylation is 1. The van der Waals surface area contributed by atoms with Crippen molar-refractivity contribution in [3.63, 3.8) is 0 Å². The fourth-order valence-corrected chi connectivity index (χ4v) is 3.13. The predicted octanol–water partition coefficient (Wildman–Crippen LogP) is 2.33. The molecule has 0 saturated carbocycles. The highest BCUT2D eigenvalue weighted by Crippen LogP contribution is 2.17. The molecule has 3 rings (SSSR count). The number of nitrogens with zero attached hydrogens (tertiary/aromatic N) is 4. The molecular weight excluding hydrogens is 316 g/mol. The second-order valence-electron chi connectivity index (χ2n) is 6.78. The molecule has 1 aromatic carbocycles. The van der Waals surface area contributed by atoms with Crippen LogP contribution in [0.25, 0.3) is 11.4 Å². The zero-order valence-electron chi connectivity index (χ0n) is 15.0. The van der Waals surface area contributed by atoms with Gasteiger partial charge in [0.2, 0.25) is 11.7 Å². The average molecular weight is 344 g/mol. The van der Waals surface area contributed by atoms with Crippen molar-refractivity contribution in [3.8, 4) is 11.4 Å². The second kappa shape index (κ2) is 9.08. The van der Waals surface area contributed by atoms with E-state index >= 15 is 0 Å². The summed E-state index contributed by atoms with van der Waals surface area (Å²) >= 11 is 0. The molecule has 0 unspecified atom stereocenters. The molecule has 6 heteroatoms. The van der Waals surface area contributed by atoms with E-state index in [1.54, 1.807) is 0 Å². The Bertz CT molecular complexity index is 633. The van der Waals surface area contributed by atoms with Gasteiger partial charge in [0.05, 0.1) is 6.54 Å². The van der Waals surface area contributed by atoms with E-state index in [-0.39, 0.29) is 0 Å². The quantitative estimate of drug-likeness (QED) is 0.742. The Kier molecular flexibility index (Phi) is 6.55. The number of aromatic nitrogens is 2. The molecule has 1 fully saturated rings. The van der Waals surface area contributed by atoms with Crippen molar-refractivity contribution in [1.29, 1.82) is 0 Å². The van der Waals surface area contributed by atoms with Crippen LogP contribution < -0.4 is 0 Å². The minimum atomic E-state index is 0.308. The first-order valence-corrected chi connectivity index (χ1v) is 9.20. The molecule has 1 aliphatic heterocycles. The number of rotatable bonds is 8. The number of hydrogen-bond acceptors (Lipinski definition) is 6. The van der Waals surface area contributed by atoms with E-state index < -0.39 is 0 Å². The van der Waals surface area contributed by atoms with Crippen LogP contribution >= 0.6 is 0 Å². The number of piperazine rings is 1. The molecule has 1 aliphatic rings. The Morgan fingerprint density at radius 1 is 1.00 bits per heavy atom. The Morgan fingerprint density at radius 2 is 1.72 bits per heavy atom. The molecule has 6 nitrogen and oxygen atoms in total. The third-order valence-corrected chi connectivity index (χ3v) is 4.73. The van der Waals surface area contributed by atoms with Crippen LogP contribution in [0.15, 0.2) is 28.8 Å². The lowest BCUT2D eigenvalue weighted by molar-refractivity contribution is 0.115. The molecule has 1 aromatic heterocycles. The van der Waals surface area contributed by atoms with E-state index in [9.17, 15) is 0 Å². The summed E-state index contributed by atoms with van der Waals surface area (Å²) in [6.45, 7) is 8.45. The van der Waals surface area contributed by atoms with E-state index in [1.807, 2.05) is 12.1 Å². The van der Waals surface area contributed by atoms with Crippen molar-refractivity contribution in [2.75, 3.05) is 39.3 Å². The Balaban J connectivity index is 1.44. The lowest BCUT2D eigenvalue weighted by Crippen LogP contribution is -2.46.